The third-order valence-electron chi connectivity index (χ3n) is 3.93. The van der Waals surface area contributed by atoms with Gasteiger partial charge in [-0.05, 0) is 48.7 Å². The number of hydrogen-bond donors (Lipinski definition) is 2. The van der Waals surface area contributed by atoms with Gasteiger partial charge in [-0.2, -0.15) is 0 Å². The summed E-state index contributed by atoms with van der Waals surface area (Å²) in [6.07, 6.45) is -1.17. The Balaban J connectivity index is 1.72. The van der Waals surface area contributed by atoms with Gasteiger partial charge in [0, 0.05) is 15.7 Å². The van der Waals surface area contributed by atoms with Crippen molar-refractivity contribution in [3.8, 4) is 0 Å². The molecule has 1 heterocycles. The average molecular weight is 499 g/mol. The van der Waals surface area contributed by atoms with E-state index in [1.54, 1.807) is 23.6 Å². The van der Waals surface area contributed by atoms with E-state index in [0.717, 1.165) is 11.3 Å². The minimum atomic E-state index is -3.86. The predicted molar refractivity (Wildman–Crippen MR) is 122 cm³/mol. The number of amides is 1. The van der Waals surface area contributed by atoms with Gasteiger partial charge in [-0.1, -0.05) is 41.4 Å². The van der Waals surface area contributed by atoms with E-state index in [0.29, 0.717) is 15.7 Å². The van der Waals surface area contributed by atoms with Crippen molar-refractivity contribution in [1.29, 1.82) is 0 Å². The number of thiophene rings is 1. The molecule has 3 aromatic rings. The molecule has 0 bridgehead atoms. The summed E-state index contributed by atoms with van der Waals surface area (Å²) < 4.78 is 32.7. The zero-order valence-corrected chi connectivity index (χ0v) is 19.1. The summed E-state index contributed by atoms with van der Waals surface area (Å²) in [5.74, 6) is -1.47. The molecule has 31 heavy (non-hydrogen) atoms. The van der Waals surface area contributed by atoms with Crippen LogP contribution in [0.4, 0.5) is 11.4 Å². The first kappa shape index (κ1) is 23.1. The van der Waals surface area contributed by atoms with E-state index >= 15 is 0 Å². The number of sulfonamides is 1. The van der Waals surface area contributed by atoms with Crippen molar-refractivity contribution in [1.82, 2.24) is 0 Å². The molecule has 0 aliphatic heterocycles. The fraction of sp³-hybridized carbons (Fsp3) is 0.100. The summed E-state index contributed by atoms with van der Waals surface area (Å²) in [4.78, 5) is 25.0. The highest BCUT2D eigenvalue weighted by molar-refractivity contribution is 7.94. The molecule has 0 aliphatic carbocycles. The van der Waals surface area contributed by atoms with Gasteiger partial charge in [0.1, 0.15) is 4.21 Å². The maximum Gasteiger partial charge on any atom is 0.341 e. The van der Waals surface area contributed by atoms with Gasteiger partial charge in [0.05, 0.1) is 11.3 Å². The molecule has 3 rings (SSSR count). The molecule has 0 spiro atoms. The van der Waals surface area contributed by atoms with Crippen LogP contribution >= 0.6 is 34.5 Å². The minimum absolute atomic E-state index is 0.0342. The van der Waals surface area contributed by atoms with Crippen LogP contribution in [0.5, 0.6) is 0 Å². The van der Waals surface area contributed by atoms with Gasteiger partial charge < -0.3 is 10.1 Å². The lowest BCUT2D eigenvalue weighted by molar-refractivity contribution is -0.123. The highest BCUT2D eigenvalue weighted by Crippen LogP contribution is 2.25. The average Bonchev–Trinajstić information content (AvgIpc) is 3.23. The first-order chi connectivity index (χ1) is 14.7. The van der Waals surface area contributed by atoms with Crippen LogP contribution in [0.3, 0.4) is 0 Å². The highest BCUT2D eigenvalue weighted by Gasteiger charge is 2.23. The van der Waals surface area contributed by atoms with E-state index < -0.39 is 28.0 Å². The van der Waals surface area contributed by atoms with Gasteiger partial charge in [-0.25, -0.2) is 13.2 Å². The van der Waals surface area contributed by atoms with E-state index in [-0.39, 0.29) is 15.5 Å². The summed E-state index contributed by atoms with van der Waals surface area (Å²) in [6, 6.07) is 13.5. The standard InChI is InChI=1S/C20H16Cl2N2O5S2/c1-12(19(25)23-15-10-13(21)9-14(22)11-15)29-20(26)16-5-2-3-6-17(16)24-31(27,28)18-7-4-8-30-18/h2-12,24H,1H3,(H,23,25). The summed E-state index contributed by atoms with van der Waals surface area (Å²) in [5.41, 5.74) is 0.345. The molecule has 1 unspecified atom stereocenters. The van der Waals surface area contributed by atoms with Crippen molar-refractivity contribution in [2.75, 3.05) is 10.0 Å². The second-order valence-electron chi connectivity index (χ2n) is 6.28. The number of esters is 1. The largest absolute Gasteiger partial charge is 0.449 e. The molecule has 1 atom stereocenters. The lowest BCUT2D eigenvalue weighted by atomic mass is 10.2. The molecule has 1 aromatic heterocycles. The lowest BCUT2D eigenvalue weighted by Gasteiger charge is -2.16. The Labute approximate surface area is 193 Å². The fourth-order valence-corrected chi connectivity index (χ4v) is 5.11. The van der Waals surface area contributed by atoms with Crippen LogP contribution in [-0.2, 0) is 19.6 Å². The number of nitrogens with one attached hydrogen (secondary N) is 2. The second kappa shape index (κ2) is 9.69. The van der Waals surface area contributed by atoms with Gasteiger partial charge in [-0.3, -0.25) is 9.52 Å². The predicted octanol–water partition coefficient (Wildman–Crippen LogP) is 5.04. The molecule has 1 amide bonds. The molecule has 162 valence electrons. The third kappa shape index (κ3) is 5.98. The van der Waals surface area contributed by atoms with Crippen molar-refractivity contribution >= 4 is 67.8 Å². The zero-order valence-electron chi connectivity index (χ0n) is 16.0. The maximum absolute atomic E-state index is 12.6. The molecular formula is C20H16Cl2N2O5S2. The molecule has 0 radical (unpaired) electrons. The van der Waals surface area contributed by atoms with E-state index in [1.165, 1.54) is 43.3 Å². The lowest BCUT2D eigenvalue weighted by Crippen LogP contribution is -2.30. The van der Waals surface area contributed by atoms with Gasteiger partial charge in [0.2, 0.25) is 0 Å². The Kier molecular flexibility index (Phi) is 7.22. The summed E-state index contributed by atoms with van der Waals surface area (Å²) in [6.45, 7) is 1.39. The summed E-state index contributed by atoms with van der Waals surface area (Å²) in [5, 5.41) is 4.85. The van der Waals surface area contributed by atoms with Gasteiger partial charge in [0.15, 0.2) is 6.10 Å². The van der Waals surface area contributed by atoms with E-state index in [2.05, 4.69) is 10.0 Å². The molecule has 0 fully saturated rings. The van der Waals surface area contributed by atoms with Gasteiger partial charge in [0.25, 0.3) is 15.9 Å². The molecular weight excluding hydrogens is 483 g/mol. The number of benzene rings is 2. The van der Waals surface area contributed by atoms with Crippen LogP contribution < -0.4 is 10.0 Å². The number of anilines is 2. The smallest absolute Gasteiger partial charge is 0.341 e. The molecule has 2 N–H and O–H groups in total. The van der Waals surface area contributed by atoms with E-state index in [1.807, 2.05) is 0 Å². The van der Waals surface area contributed by atoms with Gasteiger partial charge >= 0.3 is 5.97 Å². The summed E-state index contributed by atoms with van der Waals surface area (Å²) >= 11 is 12.9. The second-order valence-corrected chi connectivity index (χ2v) is 10.0. The Morgan fingerprint density at radius 2 is 1.71 bits per heavy atom. The monoisotopic (exact) mass is 498 g/mol. The molecule has 2 aromatic carbocycles. The minimum Gasteiger partial charge on any atom is -0.449 e. The van der Waals surface area contributed by atoms with Crippen molar-refractivity contribution in [2.45, 2.75) is 17.2 Å². The molecule has 0 saturated heterocycles. The van der Waals surface area contributed by atoms with E-state index in [9.17, 15) is 18.0 Å². The van der Waals surface area contributed by atoms with Crippen molar-refractivity contribution in [3.05, 3.63) is 75.6 Å². The van der Waals surface area contributed by atoms with Crippen LogP contribution in [0.25, 0.3) is 0 Å². The van der Waals surface area contributed by atoms with Crippen molar-refractivity contribution in [3.63, 3.8) is 0 Å². The quantitative estimate of drug-likeness (QED) is 0.444. The first-order valence-corrected chi connectivity index (χ1v) is 11.9. The van der Waals surface area contributed by atoms with Crippen molar-refractivity contribution in [2.24, 2.45) is 0 Å². The number of para-hydroxylation sites is 1. The Bertz CT molecular complexity index is 1190. The Hall–Kier alpha value is -2.59. The number of rotatable bonds is 7. The van der Waals surface area contributed by atoms with Crippen LogP contribution in [0.2, 0.25) is 10.0 Å². The number of halogens is 2. The number of carbonyl (C=O) groups is 2. The third-order valence-corrected chi connectivity index (χ3v) is 7.13. The van der Waals surface area contributed by atoms with Crippen LogP contribution in [0, 0.1) is 0 Å². The van der Waals surface area contributed by atoms with Crippen LogP contribution in [0.15, 0.2) is 64.2 Å². The number of ether oxygens (including phenoxy) is 1. The molecule has 0 saturated carbocycles. The van der Waals surface area contributed by atoms with Crippen LogP contribution in [0.1, 0.15) is 17.3 Å². The Morgan fingerprint density at radius 3 is 2.35 bits per heavy atom. The molecule has 11 heteroatoms. The summed E-state index contributed by atoms with van der Waals surface area (Å²) in [7, 11) is -3.86. The number of hydrogen-bond acceptors (Lipinski definition) is 6. The van der Waals surface area contributed by atoms with Crippen LogP contribution in [-0.4, -0.2) is 26.4 Å². The van der Waals surface area contributed by atoms with Crippen molar-refractivity contribution < 1.29 is 22.7 Å². The number of carbonyl (C=O) groups excluding carboxylic acids is 2. The topological polar surface area (TPSA) is 102 Å². The maximum atomic E-state index is 12.6. The normalized spacial score (nSPS) is 12.1. The van der Waals surface area contributed by atoms with E-state index in [4.69, 9.17) is 27.9 Å². The first-order valence-electron chi connectivity index (χ1n) is 8.79. The molecule has 7 nitrogen and oxygen atoms in total. The SMILES string of the molecule is CC(OC(=O)c1ccccc1NS(=O)(=O)c1cccs1)C(=O)Nc1cc(Cl)cc(Cl)c1. The fourth-order valence-electron chi connectivity index (χ4n) is 2.51. The van der Waals surface area contributed by atoms with Gasteiger partial charge in [-0.15, -0.1) is 11.3 Å². The Morgan fingerprint density at radius 1 is 1.03 bits per heavy atom. The molecule has 0 aliphatic rings. The zero-order chi connectivity index (χ0) is 22.6. The highest BCUT2D eigenvalue weighted by atomic mass is 35.5.